The minimum atomic E-state index is -0.833. The molecule has 1 saturated heterocycles. The van der Waals surface area contributed by atoms with Crippen molar-refractivity contribution in [1.29, 1.82) is 0 Å². The van der Waals surface area contributed by atoms with Crippen molar-refractivity contribution in [3.05, 3.63) is 52.4 Å². The number of allylic oxidation sites excluding steroid dienone is 2. The first-order valence-electron chi connectivity index (χ1n) is 6.06. The van der Waals surface area contributed by atoms with Gasteiger partial charge in [-0.2, -0.15) is 0 Å². The fourth-order valence-electron chi connectivity index (χ4n) is 1.48. The summed E-state index contributed by atoms with van der Waals surface area (Å²) >= 11 is 6.23. The molecule has 110 valence electrons. The number of carbonyl (C=O) groups is 2. The molecule has 1 amide bonds. The summed E-state index contributed by atoms with van der Waals surface area (Å²) in [5.74, 6) is -0.944. The first kappa shape index (κ1) is 17.1. The Labute approximate surface area is 132 Å². The third-order valence-electron chi connectivity index (χ3n) is 2.19. The van der Waals surface area contributed by atoms with E-state index in [2.05, 4.69) is 5.32 Å². The Morgan fingerprint density at radius 1 is 1.29 bits per heavy atom. The van der Waals surface area contributed by atoms with Crippen molar-refractivity contribution < 1.29 is 14.7 Å². The number of carbonyl (C=O) groups excluding carboxylic acids is 1. The summed E-state index contributed by atoms with van der Waals surface area (Å²) in [5.41, 5.74) is 2.14. The molecule has 0 bridgehead atoms. The monoisotopic (exact) mass is 321 g/mol. The molecule has 21 heavy (non-hydrogen) atoms. The zero-order valence-electron chi connectivity index (χ0n) is 11.6. The lowest BCUT2D eigenvalue weighted by Gasteiger charge is -1.96. The molecule has 0 unspecified atom stereocenters. The summed E-state index contributed by atoms with van der Waals surface area (Å²) in [4.78, 5) is 21.1. The Balaban J connectivity index is 0.000000491. The van der Waals surface area contributed by atoms with Crippen LogP contribution in [0.3, 0.4) is 0 Å². The van der Waals surface area contributed by atoms with Crippen LogP contribution in [0.2, 0.25) is 0 Å². The van der Waals surface area contributed by atoms with Gasteiger partial charge in [-0.1, -0.05) is 60.4 Å². The number of thiocarbonyl (C=S) groups is 1. The van der Waals surface area contributed by atoms with Crippen LogP contribution in [0.5, 0.6) is 0 Å². The van der Waals surface area contributed by atoms with E-state index in [9.17, 15) is 4.79 Å². The second kappa shape index (κ2) is 8.39. The minimum Gasteiger partial charge on any atom is -0.481 e. The average Bonchev–Trinajstić information content (AvgIpc) is 2.68. The molecule has 2 rings (SSSR count). The maximum atomic E-state index is 11.5. The number of carboxylic acids is 1. The number of carboxylic acid groups (broad SMARTS) is 1. The third-order valence-corrected chi connectivity index (χ3v) is 3.36. The highest BCUT2D eigenvalue weighted by atomic mass is 32.2. The van der Waals surface area contributed by atoms with Crippen LogP contribution in [-0.4, -0.2) is 21.3 Å². The lowest BCUT2D eigenvalue weighted by molar-refractivity contribution is -0.134. The quantitative estimate of drug-likeness (QED) is 0.647. The molecule has 1 aromatic carbocycles. The van der Waals surface area contributed by atoms with E-state index in [4.69, 9.17) is 22.1 Å². The number of aliphatic carboxylic acids is 1. The highest BCUT2D eigenvalue weighted by Gasteiger charge is 2.21. The van der Waals surface area contributed by atoms with Crippen molar-refractivity contribution >= 4 is 46.3 Å². The van der Waals surface area contributed by atoms with Crippen LogP contribution in [0.4, 0.5) is 0 Å². The van der Waals surface area contributed by atoms with E-state index in [1.54, 1.807) is 0 Å². The normalized spacial score (nSPS) is 16.3. The SMILES string of the molecule is CC(=Cc1ccccc1)C=C1SC(=S)NC1=O.CC(=O)O. The Morgan fingerprint density at radius 2 is 1.86 bits per heavy atom. The van der Waals surface area contributed by atoms with Gasteiger partial charge in [0.1, 0.15) is 4.32 Å². The van der Waals surface area contributed by atoms with Gasteiger partial charge < -0.3 is 10.4 Å². The molecule has 0 aliphatic carbocycles. The average molecular weight is 321 g/mol. The van der Waals surface area contributed by atoms with Crippen LogP contribution >= 0.6 is 24.0 Å². The lowest BCUT2D eigenvalue weighted by atomic mass is 10.1. The molecule has 1 aromatic rings. The second-order valence-corrected chi connectivity index (χ2v) is 5.89. The molecule has 0 saturated carbocycles. The fraction of sp³-hybridized carbons (Fsp3) is 0.133. The number of hydrogen-bond donors (Lipinski definition) is 2. The van der Waals surface area contributed by atoms with Gasteiger partial charge >= 0.3 is 0 Å². The molecule has 1 heterocycles. The molecule has 2 N–H and O–H groups in total. The fourth-order valence-corrected chi connectivity index (χ4v) is 2.58. The molecule has 0 aromatic heterocycles. The van der Waals surface area contributed by atoms with Crippen molar-refractivity contribution in [2.45, 2.75) is 13.8 Å². The first-order chi connectivity index (χ1) is 9.88. The molecular formula is C15H15NO3S2. The van der Waals surface area contributed by atoms with Gasteiger partial charge in [-0.25, -0.2) is 0 Å². The van der Waals surface area contributed by atoms with Crippen LogP contribution < -0.4 is 5.32 Å². The van der Waals surface area contributed by atoms with E-state index >= 15 is 0 Å². The van der Waals surface area contributed by atoms with E-state index < -0.39 is 5.97 Å². The van der Waals surface area contributed by atoms with Gasteiger partial charge in [-0.05, 0) is 24.1 Å². The molecule has 4 nitrogen and oxygen atoms in total. The first-order valence-corrected chi connectivity index (χ1v) is 7.28. The van der Waals surface area contributed by atoms with Gasteiger partial charge in [0.05, 0.1) is 4.91 Å². The maximum absolute atomic E-state index is 11.5. The summed E-state index contributed by atoms with van der Waals surface area (Å²) in [5, 5.41) is 10.0. The van der Waals surface area contributed by atoms with Gasteiger partial charge in [0.15, 0.2) is 0 Å². The van der Waals surface area contributed by atoms with Gasteiger partial charge in [0, 0.05) is 6.92 Å². The van der Waals surface area contributed by atoms with Gasteiger partial charge in [0.2, 0.25) is 0 Å². The smallest absolute Gasteiger partial charge is 0.300 e. The summed E-state index contributed by atoms with van der Waals surface area (Å²) in [6.45, 7) is 3.05. The van der Waals surface area contributed by atoms with Crippen molar-refractivity contribution in [3.8, 4) is 0 Å². The lowest BCUT2D eigenvalue weighted by Crippen LogP contribution is -2.17. The van der Waals surface area contributed by atoms with Crippen molar-refractivity contribution in [2.75, 3.05) is 0 Å². The van der Waals surface area contributed by atoms with Crippen molar-refractivity contribution in [2.24, 2.45) is 0 Å². The van der Waals surface area contributed by atoms with Gasteiger partial charge in [0.25, 0.3) is 11.9 Å². The number of rotatable bonds is 2. The standard InChI is InChI=1S/C13H11NOS2.C2H4O2/c1-9(7-10-5-3-2-4-6-10)8-11-12(15)14-13(16)17-11;1-2(3)4/h2-8H,1H3,(H,14,15,16);1H3,(H,3,4). The molecule has 0 atom stereocenters. The Kier molecular flexibility index (Phi) is 6.84. The molecule has 1 aliphatic heterocycles. The maximum Gasteiger partial charge on any atom is 0.300 e. The van der Waals surface area contributed by atoms with Crippen LogP contribution in [-0.2, 0) is 9.59 Å². The molecule has 0 spiro atoms. The van der Waals surface area contributed by atoms with E-state index in [1.807, 2.05) is 49.4 Å². The number of nitrogens with one attached hydrogen (secondary N) is 1. The summed E-state index contributed by atoms with van der Waals surface area (Å²) in [6.07, 6.45) is 3.88. The molecule has 0 radical (unpaired) electrons. The van der Waals surface area contributed by atoms with Gasteiger partial charge in [-0.15, -0.1) is 0 Å². The zero-order chi connectivity index (χ0) is 15.8. The number of benzene rings is 1. The highest BCUT2D eigenvalue weighted by molar-refractivity contribution is 8.26. The van der Waals surface area contributed by atoms with Crippen LogP contribution in [0.1, 0.15) is 19.4 Å². The summed E-state index contributed by atoms with van der Waals surface area (Å²) < 4.78 is 0.522. The second-order valence-electron chi connectivity index (χ2n) is 4.17. The molecular weight excluding hydrogens is 306 g/mol. The van der Waals surface area contributed by atoms with E-state index in [1.165, 1.54) is 11.8 Å². The predicted molar refractivity (Wildman–Crippen MR) is 89.8 cm³/mol. The van der Waals surface area contributed by atoms with Crippen LogP contribution in [0.15, 0.2) is 46.9 Å². The predicted octanol–water partition coefficient (Wildman–Crippen LogP) is 3.21. The third kappa shape index (κ3) is 6.87. The Morgan fingerprint density at radius 3 is 2.33 bits per heavy atom. The van der Waals surface area contributed by atoms with Crippen molar-refractivity contribution in [1.82, 2.24) is 5.32 Å². The largest absolute Gasteiger partial charge is 0.481 e. The van der Waals surface area contributed by atoms with E-state index in [-0.39, 0.29) is 5.91 Å². The summed E-state index contributed by atoms with van der Waals surface area (Å²) in [7, 11) is 0. The zero-order valence-corrected chi connectivity index (χ0v) is 13.3. The topological polar surface area (TPSA) is 66.4 Å². The Hall–Kier alpha value is -1.92. The number of thioether (sulfide) groups is 1. The molecule has 1 fully saturated rings. The Bertz CT molecular complexity index is 603. The van der Waals surface area contributed by atoms with Crippen molar-refractivity contribution in [3.63, 3.8) is 0 Å². The highest BCUT2D eigenvalue weighted by Crippen LogP contribution is 2.25. The van der Waals surface area contributed by atoms with Gasteiger partial charge in [-0.3, -0.25) is 9.59 Å². The molecule has 6 heteroatoms. The van der Waals surface area contributed by atoms with E-state index in [0.717, 1.165) is 18.1 Å². The minimum absolute atomic E-state index is 0.110. The number of hydrogen-bond acceptors (Lipinski definition) is 4. The summed E-state index contributed by atoms with van der Waals surface area (Å²) in [6, 6.07) is 9.99. The molecule has 1 aliphatic rings. The van der Waals surface area contributed by atoms with E-state index in [0.29, 0.717) is 9.23 Å². The van der Waals surface area contributed by atoms with Crippen LogP contribution in [0.25, 0.3) is 6.08 Å². The number of amides is 1. The van der Waals surface area contributed by atoms with Crippen LogP contribution in [0, 0.1) is 0 Å².